The van der Waals surface area contributed by atoms with Crippen molar-refractivity contribution in [1.82, 2.24) is 0 Å². The largest absolute Gasteiger partial charge is 0.494 e. The zero-order valence-electron chi connectivity index (χ0n) is 31.4. The van der Waals surface area contributed by atoms with Gasteiger partial charge in [0.15, 0.2) is 0 Å². The summed E-state index contributed by atoms with van der Waals surface area (Å²) in [4.78, 5) is 0. The Morgan fingerprint density at radius 1 is 0.520 bits per heavy atom. The Labute approximate surface area is 304 Å². The third-order valence-electron chi connectivity index (χ3n) is 11.4. The summed E-state index contributed by atoms with van der Waals surface area (Å²) in [6.45, 7) is 7.79. The van der Waals surface area contributed by atoms with Gasteiger partial charge in [0.1, 0.15) is 17.6 Å². The zero-order valence-corrected chi connectivity index (χ0v) is 31.4. The molecule has 50 heavy (non-hydrogen) atoms. The fourth-order valence-electron chi connectivity index (χ4n) is 8.31. The summed E-state index contributed by atoms with van der Waals surface area (Å²) in [7, 11) is 0. The van der Waals surface area contributed by atoms with Gasteiger partial charge in [-0.1, -0.05) is 145 Å². The molecule has 0 unspecified atom stereocenters. The molecule has 3 aromatic carbocycles. The lowest BCUT2D eigenvalue weighted by atomic mass is 9.78. The van der Waals surface area contributed by atoms with E-state index in [9.17, 15) is 0 Å². The Morgan fingerprint density at radius 2 is 0.960 bits per heavy atom. The van der Waals surface area contributed by atoms with Crippen LogP contribution in [-0.4, -0.2) is 19.8 Å². The SMILES string of the molecule is CCCC1CCC(CCCOc2ccc(COC[C@H](OCc3ccc(OCCCC4CCC(CCC)CC4)cc3)c3ccccc3)cc2)CC1. The van der Waals surface area contributed by atoms with Crippen LogP contribution in [0.3, 0.4) is 0 Å². The van der Waals surface area contributed by atoms with E-state index in [4.69, 9.17) is 18.9 Å². The minimum absolute atomic E-state index is 0.145. The molecule has 0 saturated heterocycles. The Balaban J connectivity index is 0.972. The summed E-state index contributed by atoms with van der Waals surface area (Å²) in [6, 6.07) is 27.2. The maximum Gasteiger partial charge on any atom is 0.119 e. The monoisotopic (exact) mass is 682 g/mol. The summed E-state index contributed by atoms with van der Waals surface area (Å²) in [5.41, 5.74) is 3.41. The summed E-state index contributed by atoms with van der Waals surface area (Å²) < 4.78 is 24.8. The molecule has 3 aromatic rings. The standard InChI is InChI=1S/C46H66O4/c1-3-10-37-16-20-39(21-17-37)12-8-32-48-44-28-24-41(25-29-44)34-47-36-46(43-14-6-5-7-15-43)50-35-42-26-30-45(31-27-42)49-33-9-13-40-22-18-38(11-4-2)19-23-40/h5-7,14-15,24-31,37-40,46H,3-4,8-13,16-23,32-36H2,1-2H3/t37?,38?,39?,40?,46-/m0/s1. The van der Waals surface area contributed by atoms with E-state index in [1.54, 1.807) is 0 Å². The normalized spacial score (nSPS) is 21.5. The summed E-state index contributed by atoms with van der Waals surface area (Å²) in [5, 5.41) is 0. The van der Waals surface area contributed by atoms with E-state index in [0.717, 1.165) is 77.9 Å². The van der Waals surface area contributed by atoms with Gasteiger partial charge in [-0.25, -0.2) is 0 Å². The van der Waals surface area contributed by atoms with E-state index in [-0.39, 0.29) is 6.10 Å². The molecule has 0 heterocycles. The van der Waals surface area contributed by atoms with Crippen LogP contribution in [0.5, 0.6) is 11.5 Å². The van der Waals surface area contributed by atoms with Crippen LogP contribution in [0.4, 0.5) is 0 Å². The lowest BCUT2D eigenvalue weighted by Gasteiger charge is -2.28. The second kappa shape index (κ2) is 22.2. The molecule has 0 aromatic heterocycles. The van der Waals surface area contributed by atoms with E-state index in [0.29, 0.717) is 19.8 Å². The number of hydrogen-bond donors (Lipinski definition) is 0. The van der Waals surface area contributed by atoms with Crippen molar-refractivity contribution < 1.29 is 18.9 Å². The summed E-state index contributed by atoms with van der Waals surface area (Å²) in [6.07, 6.45) is 21.7. The topological polar surface area (TPSA) is 36.9 Å². The van der Waals surface area contributed by atoms with Crippen LogP contribution >= 0.6 is 0 Å². The molecule has 0 amide bonds. The van der Waals surface area contributed by atoms with Crippen molar-refractivity contribution in [1.29, 1.82) is 0 Å². The molecule has 2 aliphatic carbocycles. The first-order valence-electron chi connectivity index (χ1n) is 20.4. The molecule has 2 saturated carbocycles. The molecule has 2 fully saturated rings. The van der Waals surface area contributed by atoms with Gasteiger partial charge in [-0.15, -0.1) is 0 Å². The Bertz CT molecular complexity index is 1270. The first-order chi connectivity index (χ1) is 24.7. The Kier molecular flexibility index (Phi) is 17.0. The number of rotatable bonds is 22. The molecular formula is C46H66O4. The van der Waals surface area contributed by atoms with Gasteiger partial charge in [-0.3, -0.25) is 0 Å². The van der Waals surface area contributed by atoms with Crippen molar-refractivity contribution >= 4 is 0 Å². The quantitative estimate of drug-likeness (QED) is 0.0989. The average Bonchev–Trinajstić information content (AvgIpc) is 3.16. The predicted molar refractivity (Wildman–Crippen MR) is 207 cm³/mol. The third kappa shape index (κ3) is 13.7. The highest BCUT2D eigenvalue weighted by molar-refractivity contribution is 5.28. The highest BCUT2D eigenvalue weighted by Crippen LogP contribution is 2.35. The van der Waals surface area contributed by atoms with Crippen LogP contribution < -0.4 is 9.47 Å². The summed E-state index contributed by atoms with van der Waals surface area (Å²) in [5.74, 6) is 5.66. The number of hydrogen-bond acceptors (Lipinski definition) is 4. The predicted octanol–water partition coefficient (Wildman–Crippen LogP) is 12.7. The van der Waals surface area contributed by atoms with Gasteiger partial charge >= 0.3 is 0 Å². The summed E-state index contributed by atoms with van der Waals surface area (Å²) >= 11 is 0. The van der Waals surface area contributed by atoms with Crippen molar-refractivity contribution in [2.45, 2.75) is 136 Å². The van der Waals surface area contributed by atoms with Gasteiger partial charge in [0.2, 0.25) is 0 Å². The molecule has 4 heteroatoms. The van der Waals surface area contributed by atoms with Crippen LogP contribution in [0.25, 0.3) is 0 Å². The van der Waals surface area contributed by atoms with Crippen LogP contribution in [0.15, 0.2) is 78.9 Å². The first-order valence-corrected chi connectivity index (χ1v) is 20.4. The van der Waals surface area contributed by atoms with Gasteiger partial charge in [0.25, 0.3) is 0 Å². The van der Waals surface area contributed by atoms with Gasteiger partial charge in [0, 0.05) is 0 Å². The zero-order chi connectivity index (χ0) is 34.6. The minimum atomic E-state index is -0.145. The molecule has 1 atom stereocenters. The highest BCUT2D eigenvalue weighted by Gasteiger charge is 2.21. The van der Waals surface area contributed by atoms with Crippen molar-refractivity contribution in [3.05, 3.63) is 95.6 Å². The molecule has 0 aliphatic heterocycles. The molecule has 4 nitrogen and oxygen atoms in total. The fraction of sp³-hybridized carbons (Fsp3) is 0.609. The minimum Gasteiger partial charge on any atom is -0.494 e. The third-order valence-corrected chi connectivity index (χ3v) is 11.4. The van der Waals surface area contributed by atoms with Crippen molar-refractivity contribution in [2.24, 2.45) is 23.7 Å². The lowest BCUT2D eigenvalue weighted by molar-refractivity contribution is -0.0313. The molecular weight excluding hydrogens is 617 g/mol. The number of ether oxygens (including phenoxy) is 4. The maximum absolute atomic E-state index is 6.43. The smallest absolute Gasteiger partial charge is 0.119 e. The lowest BCUT2D eigenvalue weighted by Crippen LogP contribution is -2.15. The van der Waals surface area contributed by atoms with Crippen LogP contribution in [0, 0.1) is 23.7 Å². The molecule has 2 aliphatic rings. The molecule has 0 N–H and O–H groups in total. The van der Waals surface area contributed by atoms with Gasteiger partial charge in [-0.2, -0.15) is 0 Å². The maximum atomic E-state index is 6.43. The Hall–Kier alpha value is -2.82. The molecule has 274 valence electrons. The highest BCUT2D eigenvalue weighted by atomic mass is 16.5. The molecule has 0 radical (unpaired) electrons. The van der Waals surface area contributed by atoms with Gasteiger partial charge < -0.3 is 18.9 Å². The first kappa shape index (κ1) is 38.4. The Morgan fingerprint density at radius 3 is 1.42 bits per heavy atom. The molecule has 0 spiro atoms. The van der Waals surface area contributed by atoms with E-state index >= 15 is 0 Å². The van der Waals surface area contributed by atoms with Gasteiger partial charge in [0.05, 0.1) is 33.0 Å². The second-order valence-corrected chi connectivity index (χ2v) is 15.3. The van der Waals surface area contributed by atoms with Gasteiger partial charge in [-0.05, 0) is 90.3 Å². The molecule has 5 rings (SSSR count). The van der Waals surface area contributed by atoms with E-state index in [2.05, 4.69) is 86.6 Å². The van der Waals surface area contributed by atoms with Crippen LogP contribution in [0.1, 0.15) is 139 Å². The van der Waals surface area contributed by atoms with E-state index in [1.807, 2.05) is 6.07 Å². The van der Waals surface area contributed by atoms with Crippen LogP contribution in [0.2, 0.25) is 0 Å². The molecule has 0 bridgehead atoms. The van der Waals surface area contributed by atoms with Crippen molar-refractivity contribution in [2.75, 3.05) is 19.8 Å². The van der Waals surface area contributed by atoms with E-state index < -0.39 is 0 Å². The van der Waals surface area contributed by atoms with Crippen molar-refractivity contribution in [3.63, 3.8) is 0 Å². The van der Waals surface area contributed by atoms with Crippen molar-refractivity contribution in [3.8, 4) is 11.5 Å². The fourth-order valence-corrected chi connectivity index (χ4v) is 8.31. The second-order valence-electron chi connectivity index (χ2n) is 15.3. The average molecular weight is 683 g/mol. The number of benzene rings is 3. The van der Waals surface area contributed by atoms with E-state index in [1.165, 1.54) is 89.9 Å². The van der Waals surface area contributed by atoms with Crippen LogP contribution in [-0.2, 0) is 22.7 Å².